The molecule has 0 spiro atoms. The van der Waals surface area contributed by atoms with E-state index in [4.69, 9.17) is 0 Å². The number of aliphatic hydroxyl groups is 1. The highest BCUT2D eigenvalue weighted by molar-refractivity contribution is 7.09. The molecule has 0 bridgehead atoms. The Bertz CT molecular complexity index is 861. The van der Waals surface area contributed by atoms with Gasteiger partial charge in [0.1, 0.15) is 5.01 Å². The van der Waals surface area contributed by atoms with E-state index in [1.54, 1.807) is 11.3 Å². The summed E-state index contributed by atoms with van der Waals surface area (Å²) in [5, 5.41) is 14.0. The second-order valence-electron chi connectivity index (χ2n) is 7.39. The number of aliphatic hydroxyl groups excluding tert-OH is 1. The summed E-state index contributed by atoms with van der Waals surface area (Å²) >= 11 is 1.73. The number of hydrogen-bond donors (Lipinski definition) is 1. The number of fused-ring (bicyclic) bond motifs is 2. The zero-order valence-corrected chi connectivity index (χ0v) is 14.8. The molecular formula is C19H22N4OS. The van der Waals surface area contributed by atoms with Crippen LogP contribution >= 0.6 is 11.3 Å². The molecule has 5 rings (SSSR count). The molecule has 0 unspecified atom stereocenters. The molecule has 2 aliphatic rings. The molecule has 3 aromatic rings. The number of para-hydroxylation sites is 2. The van der Waals surface area contributed by atoms with Crippen molar-refractivity contribution in [3.8, 4) is 0 Å². The minimum atomic E-state index is -0.293. The average molecular weight is 354 g/mol. The second kappa shape index (κ2) is 6.20. The van der Waals surface area contributed by atoms with Gasteiger partial charge in [-0.1, -0.05) is 12.1 Å². The summed E-state index contributed by atoms with van der Waals surface area (Å²) in [6.45, 7) is 3.14. The molecule has 1 N–H and O–H groups in total. The monoisotopic (exact) mass is 354 g/mol. The maximum atomic E-state index is 10.8. The molecule has 1 aliphatic carbocycles. The van der Waals surface area contributed by atoms with Gasteiger partial charge in [0.05, 0.1) is 36.1 Å². The lowest BCUT2D eigenvalue weighted by molar-refractivity contribution is 0.0374. The van der Waals surface area contributed by atoms with Gasteiger partial charge < -0.3 is 9.67 Å². The molecule has 1 aliphatic heterocycles. The highest BCUT2D eigenvalue weighted by Gasteiger charge is 2.42. The summed E-state index contributed by atoms with van der Waals surface area (Å²) < 4.78 is 2.19. The average Bonchev–Trinajstić information content (AvgIpc) is 3.33. The van der Waals surface area contributed by atoms with Crippen molar-refractivity contribution >= 4 is 22.4 Å². The highest BCUT2D eigenvalue weighted by Crippen LogP contribution is 2.42. The van der Waals surface area contributed by atoms with Crippen LogP contribution in [-0.2, 0) is 6.54 Å². The smallest absolute Gasteiger partial charge is 0.107 e. The van der Waals surface area contributed by atoms with Gasteiger partial charge in [0, 0.05) is 24.7 Å². The van der Waals surface area contributed by atoms with E-state index in [9.17, 15) is 5.11 Å². The maximum Gasteiger partial charge on any atom is 0.107 e. The van der Waals surface area contributed by atoms with E-state index in [0.29, 0.717) is 11.8 Å². The number of nitrogens with zero attached hydrogens (tertiary/aromatic N) is 4. The Morgan fingerprint density at radius 2 is 1.96 bits per heavy atom. The molecule has 5 nitrogen and oxygen atoms in total. The normalized spacial score (nSPS) is 30.0. The summed E-state index contributed by atoms with van der Waals surface area (Å²) in [5.41, 5.74) is 2.14. The third-order valence-electron chi connectivity index (χ3n) is 5.87. The van der Waals surface area contributed by atoms with Gasteiger partial charge in [0.25, 0.3) is 0 Å². The fourth-order valence-electron chi connectivity index (χ4n) is 4.70. The number of aromatic nitrogens is 3. The molecular weight excluding hydrogens is 332 g/mol. The molecule has 130 valence electrons. The first kappa shape index (κ1) is 15.5. The summed E-state index contributed by atoms with van der Waals surface area (Å²) in [5.74, 6) is 1.25. The summed E-state index contributed by atoms with van der Waals surface area (Å²) in [4.78, 5) is 11.4. The van der Waals surface area contributed by atoms with Crippen LogP contribution in [0.1, 0.15) is 23.9 Å². The van der Waals surface area contributed by atoms with Crippen LogP contribution in [0.4, 0.5) is 0 Å². The lowest BCUT2D eigenvalue weighted by Crippen LogP contribution is -2.36. The predicted octanol–water partition coefficient (Wildman–Crippen LogP) is 2.94. The van der Waals surface area contributed by atoms with E-state index in [1.165, 1.54) is 5.01 Å². The first-order valence-corrected chi connectivity index (χ1v) is 9.86. The first-order chi connectivity index (χ1) is 12.3. The van der Waals surface area contributed by atoms with Gasteiger partial charge in [0.15, 0.2) is 0 Å². The summed E-state index contributed by atoms with van der Waals surface area (Å²) in [6.07, 6.45) is 5.41. The van der Waals surface area contributed by atoms with Gasteiger partial charge in [-0.3, -0.25) is 4.90 Å². The zero-order valence-electron chi connectivity index (χ0n) is 14.0. The van der Waals surface area contributed by atoms with Crippen molar-refractivity contribution in [3.63, 3.8) is 0 Å². The van der Waals surface area contributed by atoms with Crippen LogP contribution in [0.15, 0.2) is 42.2 Å². The van der Waals surface area contributed by atoms with Crippen LogP contribution < -0.4 is 0 Å². The minimum absolute atomic E-state index is 0.133. The van der Waals surface area contributed by atoms with Gasteiger partial charge in [-0.25, -0.2) is 9.97 Å². The van der Waals surface area contributed by atoms with Crippen molar-refractivity contribution in [1.82, 2.24) is 19.4 Å². The number of hydrogen-bond acceptors (Lipinski definition) is 5. The van der Waals surface area contributed by atoms with E-state index < -0.39 is 0 Å². The van der Waals surface area contributed by atoms with E-state index in [-0.39, 0.29) is 12.1 Å². The number of rotatable bonds is 3. The fourth-order valence-corrected chi connectivity index (χ4v) is 5.36. The third kappa shape index (κ3) is 2.78. The van der Waals surface area contributed by atoms with Crippen molar-refractivity contribution in [2.45, 2.75) is 31.5 Å². The molecule has 2 fully saturated rings. The number of likely N-dealkylation sites (tertiary alicyclic amines) is 1. The molecule has 4 atom stereocenters. The Kier molecular flexibility index (Phi) is 3.84. The Morgan fingerprint density at radius 1 is 1.12 bits per heavy atom. The van der Waals surface area contributed by atoms with Crippen LogP contribution in [0.3, 0.4) is 0 Å². The van der Waals surface area contributed by atoms with Crippen molar-refractivity contribution in [3.05, 3.63) is 47.2 Å². The van der Waals surface area contributed by atoms with E-state index in [1.807, 2.05) is 36.1 Å². The molecule has 2 aromatic heterocycles. The number of benzene rings is 1. The lowest BCUT2D eigenvalue weighted by Gasteiger charge is -2.36. The van der Waals surface area contributed by atoms with E-state index in [0.717, 1.165) is 43.5 Å². The van der Waals surface area contributed by atoms with Crippen molar-refractivity contribution in [1.29, 1.82) is 0 Å². The Hall–Kier alpha value is -1.76. The minimum Gasteiger partial charge on any atom is -0.391 e. The summed E-state index contributed by atoms with van der Waals surface area (Å²) in [6, 6.07) is 8.33. The standard InChI is InChI=1S/C19H22N4OS/c24-18-8-14-10-22(11-19-20-5-6-25-19)9-13(14)7-17(18)23-12-21-15-3-1-2-4-16(15)23/h1-6,12-14,17-18,24H,7-11H2/t13-,14+,17-,18-/m1/s1. The lowest BCUT2D eigenvalue weighted by atomic mass is 9.77. The molecule has 3 heterocycles. The van der Waals surface area contributed by atoms with Gasteiger partial charge >= 0.3 is 0 Å². The number of imidazole rings is 1. The van der Waals surface area contributed by atoms with E-state index in [2.05, 4.69) is 25.5 Å². The van der Waals surface area contributed by atoms with Crippen molar-refractivity contribution in [2.24, 2.45) is 11.8 Å². The van der Waals surface area contributed by atoms with Crippen LogP contribution in [0.2, 0.25) is 0 Å². The van der Waals surface area contributed by atoms with Gasteiger partial charge in [0.2, 0.25) is 0 Å². The van der Waals surface area contributed by atoms with Crippen LogP contribution in [0.5, 0.6) is 0 Å². The van der Waals surface area contributed by atoms with Crippen LogP contribution in [0, 0.1) is 11.8 Å². The van der Waals surface area contributed by atoms with Crippen molar-refractivity contribution < 1.29 is 5.11 Å². The molecule has 25 heavy (non-hydrogen) atoms. The van der Waals surface area contributed by atoms with Gasteiger partial charge in [-0.05, 0) is 36.8 Å². The molecule has 0 amide bonds. The highest BCUT2D eigenvalue weighted by atomic mass is 32.1. The van der Waals surface area contributed by atoms with Gasteiger partial charge in [-0.15, -0.1) is 11.3 Å². The SMILES string of the molecule is O[C@@H]1C[C@H]2CN(Cc3nccs3)C[C@H]2C[C@H]1n1cnc2ccccc21. The van der Waals surface area contributed by atoms with Crippen LogP contribution in [-0.4, -0.2) is 43.7 Å². The zero-order chi connectivity index (χ0) is 16.8. The second-order valence-corrected chi connectivity index (χ2v) is 8.37. The molecule has 1 saturated carbocycles. The molecule has 1 saturated heterocycles. The van der Waals surface area contributed by atoms with E-state index >= 15 is 0 Å². The van der Waals surface area contributed by atoms with Crippen LogP contribution in [0.25, 0.3) is 11.0 Å². The maximum absolute atomic E-state index is 10.8. The molecule has 0 radical (unpaired) electrons. The van der Waals surface area contributed by atoms with Gasteiger partial charge in [-0.2, -0.15) is 0 Å². The summed E-state index contributed by atoms with van der Waals surface area (Å²) in [7, 11) is 0. The Labute approximate surface area is 150 Å². The third-order valence-corrected chi connectivity index (χ3v) is 6.63. The largest absolute Gasteiger partial charge is 0.391 e. The molecule has 1 aromatic carbocycles. The first-order valence-electron chi connectivity index (χ1n) is 8.98. The Morgan fingerprint density at radius 3 is 2.80 bits per heavy atom. The quantitative estimate of drug-likeness (QED) is 0.786. The molecule has 6 heteroatoms. The fraction of sp³-hybridized carbons (Fsp3) is 0.474. The van der Waals surface area contributed by atoms with Crippen molar-refractivity contribution in [2.75, 3.05) is 13.1 Å². The predicted molar refractivity (Wildman–Crippen MR) is 98.4 cm³/mol. The number of thiazole rings is 1. The Balaban J connectivity index is 1.35. The topological polar surface area (TPSA) is 54.2 Å².